The van der Waals surface area contributed by atoms with Crippen LogP contribution in [0, 0.1) is 6.92 Å². The molecule has 1 N–H and O–H groups in total. The number of nitrogens with zero attached hydrogens (tertiary/aromatic N) is 2. The highest BCUT2D eigenvalue weighted by atomic mass is 79.9. The molecule has 0 aliphatic carbocycles. The molecule has 88 valence electrons. The van der Waals surface area contributed by atoms with Crippen LogP contribution in [0.2, 0.25) is 5.02 Å². The van der Waals surface area contributed by atoms with Gasteiger partial charge in [0, 0.05) is 17.0 Å². The van der Waals surface area contributed by atoms with E-state index in [-0.39, 0.29) is 11.9 Å². The number of anilines is 1. The summed E-state index contributed by atoms with van der Waals surface area (Å²) < 4.78 is 5.68. The zero-order valence-electron chi connectivity index (χ0n) is 8.70. The first-order valence-electron chi connectivity index (χ1n) is 4.63. The summed E-state index contributed by atoms with van der Waals surface area (Å²) in [6, 6.07) is 4.91. The van der Waals surface area contributed by atoms with E-state index in [1.165, 1.54) is 0 Å². The van der Waals surface area contributed by atoms with Gasteiger partial charge in [-0.2, -0.15) is 0 Å². The first kappa shape index (κ1) is 12.1. The van der Waals surface area contributed by atoms with E-state index < -0.39 is 0 Å². The molecular formula is C10H7BrClN3O2. The lowest BCUT2D eigenvalue weighted by atomic mass is 10.2. The molecule has 0 radical (unpaired) electrons. The minimum Gasteiger partial charge on any atom is -0.408 e. The Balaban J connectivity index is 2.17. The standard InChI is InChI=1S/C10H7BrClN3O2/c1-5-14-15-10(17-5)13-9(16)6-2-3-8(12)7(11)4-6/h2-4H,1H3,(H,13,15,16). The first-order chi connectivity index (χ1) is 8.06. The topological polar surface area (TPSA) is 68.0 Å². The van der Waals surface area contributed by atoms with Gasteiger partial charge in [0.2, 0.25) is 5.89 Å². The van der Waals surface area contributed by atoms with Gasteiger partial charge >= 0.3 is 6.01 Å². The second-order valence-electron chi connectivity index (χ2n) is 3.21. The summed E-state index contributed by atoms with van der Waals surface area (Å²) in [6.45, 7) is 1.64. The summed E-state index contributed by atoms with van der Waals surface area (Å²) in [5.41, 5.74) is 0.442. The minimum atomic E-state index is -0.342. The maximum Gasteiger partial charge on any atom is 0.322 e. The second kappa shape index (κ2) is 4.85. The predicted octanol–water partition coefficient (Wildman–Crippen LogP) is 3.05. The normalized spacial score (nSPS) is 10.3. The molecule has 0 unspecified atom stereocenters. The van der Waals surface area contributed by atoms with Crippen LogP contribution in [0.1, 0.15) is 16.2 Å². The number of rotatable bonds is 2. The molecule has 1 aromatic heterocycles. The average Bonchev–Trinajstić information content (AvgIpc) is 2.68. The fourth-order valence-corrected chi connectivity index (χ4v) is 1.65. The minimum absolute atomic E-state index is 0.0681. The lowest BCUT2D eigenvalue weighted by Crippen LogP contribution is -2.12. The quantitative estimate of drug-likeness (QED) is 0.924. The van der Waals surface area contributed by atoms with Gasteiger partial charge in [-0.25, -0.2) is 0 Å². The van der Waals surface area contributed by atoms with E-state index in [4.69, 9.17) is 16.0 Å². The monoisotopic (exact) mass is 315 g/mol. The molecule has 2 rings (SSSR count). The van der Waals surface area contributed by atoms with Gasteiger partial charge in [-0.05, 0) is 34.1 Å². The Bertz CT molecular complexity index is 570. The molecule has 0 fully saturated rings. The number of hydrogen-bond donors (Lipinski definition) is 1. The van der Waals surface area contributed by atoms with Crippen LogP contribution in [0.4, 0.5) is 6.01 Å². The summed E-state index contributed by atoms with van der Waals surface area (Å²) in [5, 5.41) is 10.3. The van der Waals surface area contributed by atoms with Crippen LogP contribution in [-0.4, -0.2) is 16.1 Å². The highest BCUT2D eigenvalue weighted by Crippen LogP contribution is 2.23. The van der Waals surface area contributed by atoms with Crippen LogP contribution >= 0.6 is 27.5 Å². The lowest BCUT2D eigenvalue weighted by molar-refractivity contribution is 0.102. The maximum atomic E-state index is 11.8. The molecule has 0 atom stereocenters. The highest BCUT2D eigenvalue weighted by Gasteiger charge is 2.11. The molecule has 7 heteroatoms. The van der Waals surface area contributed by atoms with Gasteiger partial charge in [-0.1, -0.05) is 16.7 Å². The van der Waals surface area contributed by atoms with Gasteiger partial charge in [0.25, 0.3) is 5.91 Å². The summed E-state index contributed by atoms with van der Waals surface area (Å²) in [7, 11) is 0. The Morgan fingerprint density at radius 3 is 2.82 bits per heavy atom. The van der Waals surface area contributed by atoms with E-state index in [9.17, 15) is 4.79 Å². The van der Waals surface area contributed by atoms with Crippen molar-refractivity contribution in [2.24, 2.45) is 0 Å². The molecule has 2 aromatic rings. The number of hydrogen-bond acceptors (Lipinski definition) is 4. The van der Waals surface area contributed by atoms with Crippen molar-refractivity contribution in [1.82, 2.24) is 10.2 Å². The summed E-state index contributed by atoms with van der Waals surface area (Å²) in [4.78, 5) is 11.8. The third kappa shape index (κ3) is 2.83. The molecule has 1 amide bonds. The van der Waals surface area contributed by atoms with Crippen LogP contribution in [-0.2, 0) is 0 Å². The van der Waals surface area contributed by atoms with Crippen LogP contribution in [0.5, 0.6) is 0 Å². The number of aromatic nitrogens is 2. The molecule has 0 saturated carbocycles. The number of benzene rings is 1. The van der Waals surface area contributed by atoms with Crippen molar-refractivity contribution < 1.29 is 9.21 Å². The number of halogens is 2. The average molecular weight is 317 g/mol. The van der Waals surface area contributed by atoms with Gasteiger partial charge in [0.15, 0.2) is 0 Å². The summed E-state index contributed by atoms with van der Waals surface area (Å²) in [5.74, 6) is 0.0450. The van der Waals surface area contributed by atoms with Crippen LogP contribution in [0.3, 0.4) is 0 Å². The largest absolute Gasteiger partial charge is 0.408 e. The zero-order valence-corrected chi connectivity index (χ0v) is 11.0. The van der Waals surface area contributed by atoms with Crippen LogP contribution < -0.4 is 5.32 Å². The Hall–Kier alpha value is -1.40. The van der Waals surface area contributed by atoms with E-state index >= 15 is 0 Å². The maximum absolute atomic E-state index is 11.8. The van der Waals surface area contributed by atoms with Gasteiger partial charge in [-0.15, -0.1) is 5.10 Å². The summed E-state index contributed by atoms with van der Waals surface area (Å²) in [6.07, 6.45) is 0. The van der Waals surface area contributed by atoms with Crippen molar-refractivity contribution in [2.45, 2.75) is 6.92 Å². The molecule has 0 spiro atoms. The number of aryl methyl sites for hydroxylation is 1. The van der Waals surface area contributed by atoms with E-state index in [1.54, 1.807) is 25.1 Å². The Morgan fingerprint density at radius 2 is 2.24 bits per heavy atom. The Kier molecular flexibility index (Phi) is 3.44. The lowest BCUT2D eigenvalue weighted by Gasteiger charge is -2.02. The zero-order chi connectivity index (χ0) is 12.4. The Labute approximate surface area is 110 Å². The molecule has 0 bridgehead atoms. The first-order valence-corrected chi connectivity index (χ1v) is 5.80. The molecule has 5 nitrogen and oxygen atoms in total. The fraction of sp³-hybridized carbons (Fsp3) is 0.100. The van der Waals surface area contributed by atoms with Crippen molar-refractivity contribution in [1.29, 1.82) is 0 Å². The molecule has 0 aliphatic heterocycles. The van der Waals surface area contributed by atoms with Crippen molar-refractivity contribution in [3.05, 3.63) is 39.1 Å². The number of carbonyl (C=O) groups excluding carboxylic acids is 1. The van der Waals surface area contributed by atoms with E-state index in [2.05, 4.69) is 31.4 Å². The molecule has 0 saturated heterocycles. The predicted molar refractivity (Wildman–Crippen MR) is 66.1 cm³/mol. The molecule has 1 heterocycles. The van der Waals surface area contributed by atoms with Crippen LogP contribution in [0.15, 0.2) is 27.1 Å². The highest BCUT2D eigenvalue weighted by molar-refractivity contribution is 9.10. The second-order valence-corrected chi connectivity index (χ2v) is 4.47. The van der Waals surface area contributed by atoms with Gasteiger partial charge in [0.1, 0.15) is 0 Å². The van der Waals surface area contributed by atoms with E-state index in [1.807, 2.05) is 0 Å². The molecular weight excluding hydrogens is 309 g/mol. The van der Waals surface area contributed by atoms with E-state index in [0.717, 1.165) is 0 Å². The molecule has 1 aromatic carbocycles. The number of amides is 1. The third-order valence-corrected chi connectivity index (χ3v) is 3.14. The van der Waals surface area contributed by atoms with Gasteiger partial charge < -0.3 is 4.42 Å². The third-order valence-electron chi connectivity index (χ3n) is 1.93. The fourth-order valence-electron chi connectivity index (χ4n) is 1.15. The number of carbonyl (C=O) groups is 1. The summed E-state index contributed by atoms with van der Waals surface area (Å²) >= 11 is 9.07. The van der Waals surface area contributed by atoms with Gasteiger partial charge in [0.05, 0.1) is 5.02 Å². The van der Waals surface area contributed by atoms with E-state index in [0.29, 0.717) is 20.9 Å². The van der Waals surface area contributed by atoms with Crippen molar-refractivity contribution in [3.8, 4) is 0 Å². The van der Waals surface area contributed by atoms with Crippen molar-refractivity contribution in [2.75, 3.05) is 5.32 Å². The molecule has 17 heavy (non-hydrogen) atoms. The van der Waals surface area contributed by atoms with Crippen molar-refractivity contribution in [3.63, 3.8) is 0 Å². The van der Waals surface area contributed by atoms with Crippen LogP contribution in [0.25, 0.3) is 0 Å². The Morgan fingerprint density at radius 1 is 1.47 bits per heavy atom. The van der Waals surface area contributed by atoms with Gasteiger partial charge in [-0.3, -0.25) is 10.1 Å². The SMILES string of the molecule is Cc1nnc(NC(=O)c2ccc(Cl)c(Br)c2)o1. The van der Waals surface area contributed by atoms with Crippen molar-refractivity contribution >= 4 is 39.5 Å². The number of nitrogens with one attached hydrogen (secondary N) is 1. The molecule has 0 aliphatic rings. The smallest absolute Gasteiger partial charge is 0.322 e.